The normalized spacial score (nSPS) is 25.8. The SMILES string of the molecule is Cc1ccc(C)c(C2OCCC2CCl)c1. The van der Waals surface area contributed by atoms with Crippen molar-refractivity contribution in [1.29, 1.82) is 0 Å². The Hall–Kier alpha value is -0.530. The summed E-state index contributed by atoms with van der Waals surface area (Å²) in [5.41, 5.74) is 3.92. The number of hydrogen-bond acceptors (Lipinski definition) is 1. The number of alkyl halides is 1. The van der Waals surface area contributed by atoms with Crippen LogP contribution in [-0.4, -0.2) is 12.5 Å². The topological polar surface area (TPSA) is 9.23 Å². The van der Waals surface area contributed by atoms with Gasteiger partial charge in [-0.3, -0.25) is 0 Å². The van der Waals surface area contributed by atoms with Gasteiger partial charge in [-0.05, 0) is 31.4 Å². The lowest BCUT2D eigenvalue weighted by Gasteiger charge is -2.19. The molecule has 0 bridgehead atoms. The fourth-order valence-corrected chi connectivity index (χ4v) is 2.52. The van der Waals surface area contributed by atoms with E-state index in [1.807, 2.05) is 0 Å². The van der Waals surface area contributed by atoms with E-state index in [0.717, 1.165) is 13.0 Å². The lowest BCUT2D eigenvalue weighted by Crippen LogP contribution is -2.10. The molecule has 1 aliphatic rings. The van der Waals surface area contributed by atoms with Crippen molar-refractivity contribution >= 4 is 11.6 Å². The maximum absolute atomic E-state index is 5.96. The maximum atomic E-state index is 5.96. The van der Waals surface area contributed by atoms with E-state index in [4.69, 9.17) is 16.3 Å². The Morgan fingerprint density at radius 1 is 1.40 bits per heavy atom. The van der Waals surface area contributed by atoms with Crippen LogP contribution in [0.25, 0.3) is 0 Å². The van der Waals surface area contributed by atoms with E-state index in [2.05, 4.69) is 32.0 Å². The number of rotatable bonds is 2. The monoisotopic (exact) mass is 224 g/mol. The third-order valence-electron chi connectivity index (χ3n) is 3.15. The van der Waals surface area contributed by atoms with Crippen LogP contribution in [0.15, 0.2) is 18.2 Å². The van der Waals surface area contributed by atoms with Crippen molar-refractivity contribution in [2.75, 3.05) is 12.5 Å². The minimum absolute atomic E-state index is 0.211. The van der Waals surface area contributed by atoms with Crippen LogP contribution >= 0.6 is 11.6 Å². The molecule has 82 valence electrons. The Kier molecular flexibility index (Phi) is 3.32. The first-order valence-corrected chi connectivity index (χ1v) is 6.00. The van der Waals surface area contributed by atoms with Gasteiger partial charge in [0.05, 0.1) is 6.10 Å². The first-order valence-electron chi connectivity index (χ1n) is 5.47. The van der Waals surface area contributed by atoms with Crippen LogP contribution in [0.5, 0.6) is 0 Å². The average Bonchev–Trinajstić information content (AvgIpc) is 2.69. The molecule has 2 atom stereocenters. The highest BCUT2D eigenvalue weighted by Crippen LogP contribution is 2.36. The van der Waals surface area contributed by atoms with Crippen molar-refractivity contribution in [3.8, 4) is 0 Å². The number of ether oxygens (including phenoxy) is 1. The van der Waals surface area contributed by atoms with Gasteiger partial charge in [0.25, 0.3) is 0 Å². The zero-order valence-electron chi connectivity index (χ0n) is 9.29. The molecule has 1 aromatic rings. The van der Waals surface area contributed by atoms with E-state index in [9.17, 15) is 0 Å². The van der Waals surface area contributed by atoms with Crippen LogP contribution in [-0.2, 0) is 4.74 Å². The molecule has 0 aliphatic carbocycles. The van der Waals surface area contributed by atoms with Crippen molar-refractivity contribution in [3.63, 3.8) is 0 Å². The predicted molar refractivity (Wildman–Crippen MR) is 63.4 cm³/mol. The Balaban J connectivity index is 2.31. The summed E-state index contributed by atoms with van der Waals surface area (Å²) in [4.78, 5) is 0. The van der Waals surface area contributed by atoms with Gasteiger partial charge in [0.1, 0.15) is 0 Å². The van der Waals surface area contributed by atoms with Gasteiger partial charge in [0, 0.05) is 18.4 Å². The van der Waals surface area contributed by atoms with E-state index < -0.39 is 0 Å². The molecule has 0 N–H and O–H groups in total. The Labute approximate surface area is 96.4 Å². The van der Waals surface area contributed by atoms with Crippen LogP contribution in [0.3, 0.4) is 0 Å². The zero-order chi connectivity index (χ0) is 10.8. The van der Waals surface area contributed by atoms with Crippen LogP contribution < -0.4 is 0 Å². The van der Waals surface area contributed by atoms with Gasteiger partial charge in [-0.2, -0.15) is 0 Å². The third kappa shape index (κ3) is 2.19. The second kappa shape index (κ2) is 4.54. The molecular weight excluding hydrogens is 208 g/mol. The number of hydrogen-bond donors (Lipinski definition) is 0. The zero-order valence-corrected chi connectivity index (χ0v) is 10.1. The molecule has 1 heterocycles. The quantitative estimate of drug-likeness (QED) is 0.698. The molecule has 0 amide bonds. The van der Waals surface area contributed by atoms with Gasteiger partial charge in [-0.15, -0.1) is 11.6 Å². The number of benzene rings is 1. The second-order valence-electron chi connectivity index (χ2n) is 4.35. The summed E-state index contributed by atoms with van der Waals surface area (Å²) < 4.78 is 5.79. The van der Waals surface area contributed by atoms with Crippen LogP contribution in [0.2, 0.25) is 0 Å². The molecule has 2 heteroatoms. The number of aryl methyl sites for hydroxylation is 2. The second-order valence-corrected chi connectivity index (χ2v) is 4.66. The maximum Gasteiger partial charge on any atom is 0.0867 e. The molecule has 1 nitrogen and oxygen atoms in total. The van der Waals surface area contributed by atoms with Gasteiger partial charge >= 0.3 is 0 Å². The van der Waals surface area contributed by atoms with Crippen LogP contribution in [0.4, 0.5) is 0 Å². The Bertz CT molecular complexity index is 348. The van der Waals surface area contributed by atoms with E-state index >= 15 is 0 Å². The third-order valence-corrected chi connectivity index (χ3v) is 3.55. The summed E-state index contributed by atoms with van der Waals surface area (Å²) in [7, 11) is 0. The first-order chi connectivity index (χ1) is 7.22. The molecule has 0 spiro atoms. The summed E-state index contributed by atoms with van der Waals surface area (Å²) in [5, 5.41) is 0. The van der Waals surface area contributed by atoms with Crippen molar-refractivity contribution in [2.24, 2.45) is 5.92 Å². The van der Waals surface area contributed by atoms with E-state index in [1.165, 1.54) is 16.7 Å². The molecule has 1 fully saturated rings. The summed E-state index contributed by atoms with van der Waals surface area (Å²) in [6.07, 6.45) is 1.30. The molecule has 2 unspecified atom stereocenters. The molecule has 0 aromatic heterocycles. The highest BCUT2D eigenvalue weighted by atomic mass is 35.5. The minimum Gasteiger partial charge on any atom is -0.373 e. The molecule has 0 radical (unpaired) electrons. The standard InChI is InChI=1S/C13H17ClO/c1-9-3-4-10(2)12(7-9)13-11(8-14)5-6-15-13/h3-4,7,11,13H,5-6,8H2,1-2H3. The van der Waals surface area contributed by atoms with Crippen LogP contribution in [0, 0.1) is 19.8 Å². The first kappa shape index (κ1) is 11.0. The molecule has 15 heavy (non-hydrogen) atoms. The highest BCUT2D eigenvalue weighted by molar-refractivity contribution is 6.18. The molecule has 1 aliphatic heterocycles. The van der Waals surface area contributed by atoms with Crippen molar-refractivity contribution < 1.29 is 4.74 Å². The van der Waals surface area contributed by atoms with Crippen molar-refractivity contribution in [2.45, 2.75) is 26.4 Å². The molecule has 1 saturated heterocycles. The molecule has 2 rings (SSSR count). The molecular formula is C13H17ClO. The van der Waals surface area contributed by atoms with E-state index in [1.54, 1.807) is 0 Å². The Morgan fingerprint density at radius 3 is 2.93 bits per heavy atom. The van der Waals surface area contributed by atoms with Crippen LogP contribution in [0.1, 0.15) is 29.2 Å². The minimum atomic E-state index is 0.211. The lowest BCUT2D eigenvalue weighted by molar-refractivity contribution is 0.0946. The fourth-order valence-electron chi connectivity index (χ4n) is 2.20. The van der Waals surface area contributed by atoms with Crippen molar-refractivity contribution in [3.05, 3.63) is 34.9 Å². The van der Waals surface area contributed by atoms with Gasteiger partial charge in [0.15, 0.2) is 0 Å². The Morgan fingerprint density at radius 2 is 2.20 bits per heavy atom. The highest BCUT2D eigenvalue weighted by Gasteiger charge is 2.29. The van der Waals surface area contributed by atoms with E-state index in [-0.39, 0.29) is 6.10 Å². The van der Waals surface area contributed by atoms with Gasteiger partial charge in [-0.1, -0.05) is 23.8 Å². The van der Waals surface area contributed by atoms with Gasteiger partial charge in [0.2, 0.25) is 0 Å². The molecule has 1 aromatic carbocycles. The average molecular weight is 225 g/mol. The molecule has 0 saturated carbocycles. The van der Waals surface area contributed by atoms with Crippen molar-refractivity contribution in [1.82, 2.24) is 0 Å². The lowest BCUT2D eigenvalue weighted by atomic mass is 9.93. The fraction of sp³-hybridized carbons (Fsp3) is 0.538. The largest absolute Gasteiger partial charge is 0.373 e. The summed E-state index contributed by atoms with van der Waals surface area (Å²) in [6, 6.07) is 6.53. The smallest absolute Gasteiger partial charge is 0.0867 e. The summed E-state index contributed by atoms with van der Waals surface area (Å²) >= 11 is 5.96. The summed E-state index contributed by atoms with van der Waals surface area (Å²) in [5.74, 6) is 1.17. The summed E-state index contributed by atoms with van der Waals surface area (Å²) in [6.45, 7) is 5.10. The van der Waals surface area contributed by atoms with Gasteiger partial charge in [-0.25, -0.2) is 0 Å². The van der Waals surface area contributed by atoms with E-state index in [0.29, 0.717) is 11.8 Å². The predicted octanol–water partition coefficient (Wildman–Crippen LogP) is 3.62. The van der Waals surface area contributed by atoms with Gasteiger partial charge < -0.3 is 4.74 Å². The number of halogens is 1.